The quantitative estimate of drug-likeness (QED) is 0.357. The minimum atomic E-state index is -1.45. The Hall–Kier alpha value is -0.822. The van der Waals surface area contributed by atoms with Crippen LogP contribution in [0.2, 0.25) is 0 Å². The molecule has 0 fully saturated rings. The molecule has 136 valence electrons. The van der Waals surface area contributed by atoms with E-state index in [1.54, 1.807) is 33.9 Å². The number of hydrogen-bond donors (Lipinski definition) is 0. The van der Waals surface area contributed by atoms with E-state index in [1.165, 1.54) is 5.56 Å². The molecule has 1 aromatic carbocycles. The Morgan fingerprint density at radius 1 is 0.692 bits per heavy atom. The van der Waals surface area contributed by atoms with Crippen LogP contribution in [0.3, 0.4) is 0 Å². The molecule has 0 N–H and O–H groups in total. The Bertz CT molecular complexity index is 874. The molecule has 0 aliphatic carbocycles. The van der Waals surface area contributed by atoms with Gasteiger partial charge in [-0.15, -0.1) is 0 Å². The van der Waals surface area contributed by atoms with Crippen LogP contribution in [0.15, 0.2) is 35.0 Å². The molecule has 0 spiro atoms. The van der Waals surface area contributed by atoms with E-state index >= 15 is 0 Å². The van der Waals surface area contributed by atoms with Crippen LogP contribution in [0, 0.1) is 0 Å². The summed E-state index contributed by atoms with van der Waals surface area (Å²) in [5.41, 5.74) is 4.72. The first kappa shape index (κ1) is 18.5. The molecule has 3 aromatic rings. The Balaban J connectivity index is 2.03. The summed E-state index contributed by atoms with van der Waals surface area (Å²) in [5.74, 6) is 1.72. The average molecular weight is 443 g/mol. The van der Waals surface area contributed by atoms with E-state index in [1.807, 2.05) is 22.7 Å². The van der Waals surface area contributed by atoms with E-state index in [4.69, 9.17) is 0 Å². The summed E-state index contributed by atoms with van der Waals surface area (Å²) >= 11 is 2.43. The van der Waals surface area contributed by atoms with Crippen LogP contribution in [-0.4, -0.2) is 14.7 Å². The fourth-order valence-corrected chi connectivity index (χ4v) is 14.3. The van der Waals surface area contributed by atoms with Crippen LogP contribution in [-0.2, 0) is 0 Å². The third-order valence-electron chi connectivity index (χ3n) is 5.30. The molecule has 3 heterocycles. The van der Waals surface area contributed by atoms with Crippen molar-refractivity contribution in [1.82, 2.24) is 0 Å². The molecule has 2 aromatic heterocycles. The predicted octanol–water partition coefficient (Wildman–Crippen LogP) is 5.68. The Kier molecular flexibility index (Phi) is 4.97. The van der Waals surface area contributed by atoms with Gasteiger partial charge in [-0.25, -0.2) is 0 Å². The van der Waals surface area contributed by atoms with E-state index in [-0.39, 0.29) is 0 Å². The number of rotatable bonds is 4. The fraction of sp³-hybridized carbons (Fsp3) is 0.391. The molecule has 26 heavy (non-hydrogen) atoms. The van der Waals surface area contributed by atoms with Crippen molar-refractivity contribution < 1.29 is 0 Å². The molecule has 1 aliphatic heterocycles. The van der Waals surface area contributed by atoms with Crippen molar-refractivity contribution in [2.75, 3.05) is 0 Å². The molecular formula is C23H27AsS2. The predicted molar refractivity (Wildman–Crippen MR) is 121 cm³/mol. The molecule has 0 saturated heterocycles. The van der Waals surface area contributed by atoms with Gasteiger partial charge < -0.3 is 0 Å². The van der Waals surface area contributed by atoms with E-state index in [0.29, 0.717) is 17.8 Å². The van der Waals surface area contributed by atoms with Crippen LogP contribution in [0.4, 0.5) is 0 Å². The van der Waals surface area contributed by atoms with E-state index < -0.39 is 14.7 Å². The van der Waals surface area contributed by atoms with Crippen LogP contribution in [0.5, 0.6) is 0 Å². The first-order chi connectivity index (χ1) is 12.4. The third-order valence-corrected chi connectivity index (χ3v) is 13.6. The summed E-state index contributed by atoms with van der Waals surface area (Å²) in [6, 6.07) is 9.91. The normalized spacial score (nSPS) is 13.9. The van der Waals surface area contributed by atoms with Crippen molar-refractivity contribution in [2.45, 2.75) is 59.3 Å². The van der Waals surface area contributed by atoms with Gasteiger partial charge in [-0.3, -0.25) is 0 Å². The van der Waals surface area contributed by atoms with Crippen molar-refractivity contribution in [3.63, 3.8) is 0 Å². The zero-order valence-corrected chi connectivity index (χ0v) is 20.0. The summed E-state index contributed by atoms with van der Waals surface area (Å²) in [6.45, 7) is 14.2. The molecule has 4 rings (SSSR count). The van der Waals surface area contributed by atoms with E-state index in [9.17, 15) is 0 Å². The molecule has 0 atom stereocenters. The SMILES string of the molecule is CC(C)c1cc(C(C)C)c([As]2c3ccsc3-c3sccc32)c(C(C)C)c1. The Morgan fingerprint density at radius 2 is 1.15 bits per heavy atom. The fourth-order valence-electron chi connectivity index (χ4n) is 3.84. The van der Waals surface area contributed by atoms with Crippen molar-refractivity contribution >= 4 is 50.4 Å². The zero-order chi connectivity index (χ0) is 18.6. The van der Waals surface area contributed by atoms with Gasteiger partial charge in [-0.1, -0.05) is 0 Å². The summed E-state index contributed by atoms with van der Waals surface area (Å²) in [4.78, 5) is 3.12. The standard InChI is InChI=1S/C23H27AsS2/c1-13(2)16-11-17(14(3)4)21(18(12-16)15(5)6)24-19-7-9-25-22(19)23-20(24)8-10-26-23/h7-15H,1-6H3. The number of hydrogen-bond acceptors (Lipinski definition) is 2. The van der Waals surface area contributed by atoms with Gasteiger partial charge >= 0.3 is 171 Å². The maximum atomic E-state index is 2.53. The van der Waals surface area contributed by atoms with Crippen LogP contribution in [0.25, 0.3) is 9.75 Å². The van der Waals surface area contributed by atoms with Gasteiger partial charge in [0.15, 0.2) is 0 Å². The van der Waals surface area contributed by atoms with Crippen molar-refractivity contribution in [2.24, 2.45) is 0 Å². The van der Waals surface area contributed by atoms with Crippen molar-refractivity contribution in [3.8, 4) is 9.75 Å². The first-order valence-electron chi connectivity index (χ1n) is 9.53. The number of thiophene rings is 2. The second kappa shape index (κ2) is 6.97. The van der Waals surface area contributed by atoms with Gasteiger partial charge in [0.05, 0.1) is 0 Å². The second-order valence-corrected chi connectivity index (χ2v) is 14.3. The monoisotopic (exact) mass is 442 g/mol. The van der Waals surface area contributed by atoms with Gasteiger partial charge in [-0.2, -0.15) is 0 Å². The Labute approximate surface area is 170 Å². The average Bonchev–Trinajstić information content (AvgIpc) is 3.26. The maximum absolute atomic E-state index is 2.53. The van der Waals surface area contributed by atoms with Crippen LogP contribution >= 0.6 is 22.7 Å². The van der Waals surface area contributed by atoms with Crippen LogP contribution in [0.1, 0.15) is 76.0 Å². The molecule has 0 saturated carbocycles. The van der Waals surface area contributed by atoms with Gasteiger partial charge in [0.25, 0.3) is 0 Å². The van der Waals surface area contributed by atoms with Gasteiger partial charge in [0, 0.05) is 0 Å². The first-order valence-corrected chi connectivity index (χ1v) is 14.1. The second-order valence-electron chi connectivity index (χ2n) is 8.12. The van der Waals surface area contributed by atoms with Crippen molar-refractivity contribution in [1.29, 1.82) is 0 Å². The van der Waals surface area contributed by atoms with Gasteiger partial charge in [0.1, 0.15) is 0 Å². The molecule has 1 aliphatic rings. The van der Waals surface area contributed by atoms with E-state index in [0.717, 1.165) is 0 Å². The zero-order valence-electron chi connectivity index (χ0n) is 16.5. The van der Waals surface area contributed by atoms with Crippen molar-refractivity contribution in [3.05, 3.63) is 51.7 Å². The molecule has 0 nitrogen and oxygen atoms in total. The molecule has 0 amide bonds. The molecular weight excluding hydrogens is 415 g/mol. The minimum absolute atomic E-state index is 0.570. The van der Waals surface area contributed by atoms with Gasteiger partial charge in [0.2, 0.25) is 0 Å². The number of fused-ring (bicyclic) bond motifs is 3. The number of benzene rings is 1. The summed E-state index contributed by atoms with van der Waals surface area (Å²) < 4.78 is 5.07. The molecule has 0 radical (unpaired) electrons. The molecule has 0 bridgehead atoms. The molecule has 3 heteroatoms. The van der Waals surface area contributed by atoms with Gasteiger partial charge in [-0.05, 0) is 0 Å². The Morgan fingerprint density at radius 3 is 1.54 bits per heavy atom. The molecule has 0 unspecified atom stereocenters. The summed E-state index contributed by atoms with van der Waals surface area (Å²) in [5, 5.41) is 4.61. The topological polar surface area (TPSA) is 0 Å². The van der Waals surface area contributed by atoms with Crippen LogP contribution < -0.4 is 13.1 Å². The summed E-state index contributed by atoms with van der Waals surface area (Å²) in [6.07, 6.45) is 0. The van der Waals surface area contributed by atoms with E-state index in [2.05, 4.69) is 76.6 Å². The third kappa shape index (κ3) is 2.86. The summed E-state index contributed by atoms with van der Waals surface area (Å²) in [7, 11) is 0.